The van der Waals surface area contributed by atoms with Gasteiger partial charge in [0.2, 0.25) is 0 Å². The van der Waals surface area contributed by atoms with E-state index >= 15 is 0 Å². The molecule has 6 nitrogen and oxygen atoms in total. The molecule has 0 spiro atoms. The SMILES string of the molecule is BOC(=O)CNC(=O)c1ncc(-c2cccc(Cl)c2)cc1O. The molecule has 0 fully saturated rings. The zero-order valence-corrected chi connectivity index (χ0v) is 12.4. The lowest BCUT2D eigenvalue weighted by molar-refractivity contribution is -0.132. The van der Waals surface area contributed by atoms with E-state index in [-0.39, 0.29) is 18.0 Å². The molecule has 0 saturated heterocycles. The van der Waals surface area contributed by atoms with E-state index in [2.05, 4.69) is 15.0 Å². The lowest BCUT2D eigenvalue weighted by Gasteiger charge is -2.07. The third kappa shape index (κ3) is 3.76. The topological polar surface area (TPSA) is 88.5 Å². The van der Waals surface area contributed by atoms with Crippen LogP contribution in [0.5, 0.6) is 5.75 Å². The van der Waals surface area contributed by atoms with Gasteiger partial charge < -0.3 is 15.1 Å². The van der Waals surface area contributed by atoms with Gasteiger partial charge in [0.25, 0.3) is 5.91 Å². The Kier molecular flexibility index (Phi) is 5.01. The third-order valence-electron chi connectivity index (χ3n) is 2.86. The van der Waals surface area contributed by atoms with Crippen LogP contribution in [0.15, 0.2) is 36.5 Å². The van der Waals surface area contributed by atoms with Crippen molar-refractivity contribution in [3.63, 3.8) is 0 Å². The van der Waals surface area contributed by atoms with Crippen LogP contribution in [-0.2, 0) is 9.45 Å². The Morgan fingerprint density at radius 1 is 1.32 bits per heavy atom. The number of nitrogens with one attached hydrogen (secondary N) is 1. The summed E-state index contributed by atoms with van der Waals surface area (Å²) in [6.45, 7) is -0.299. The summed E-state index contributed by atoms with van der Waals surface area (Å²) < 4.78 is 4.41. The number of carbonyl (C=O) groups is 2. The molecule has 2 rings (SSSR count). The van der Waals surface area contributed by atoms with Crippen molar-refractivity contribution < 1.29 is 19.3 Å². The number of halogens is 1. The normalized spacial score (nSPS) is 10.0. The zero-order valence-electron chi connectivity index (χ0n) is 11.7. The molecule has 2 aromatic rings. The molecule has 0 aliphatic heterocycles. The number of aromatic nitrogens is 1. The van der Waals surface area contributed by atoms with Crippen LogP contribution in [0, 0.1) is 0 Å². The van der Waals surface area contributed by atoms with Crippen LogP contribution in [0.25, 0.3) is 11.1 Å². The minimum absolute atomic E-state index is 0.172. The molecule has 0 atom stereocenters. The van der Waals surface area contributed by atoms with Gasteiger partial charge in [-0.2, -0.15) is 0 Å². The third-order valence-corrected chi connectivity index (χ3v) is 3.10. The van der Waals surface area contributed by atoms with Gasteiger partial charge in [0.15, 0.2) is 5.69 Å². The molecule has 1 amide bonds. The van der Waals surface area contributed by atoms with Crippen LogP contribution in [-0.4, -0.2) is 36.6 Å². The van der Waals surface area contributed by atoms with Crippen molar-refractivity contribution in [2.45, 2.75) is 0 Å². The van der Waals surface area contributed by atoms with E-state index in [1.807, 2.05) is 0 Å². The molecule has 1 aromatic carbocycles. The fraction of sp³-hybridized carbons (Fsp3) is 0.0714. The van der Waals surface area contributed by atoms with E-state index in [4.69, 9.17) is 11.6 Å². The summed E-state index contributed by atoms with van der Waals surface area (Å²) >= 11 is 5.91. The van der Waals surface area contributed by atoms with Gasteiger partial charge in [-0.15, -0.1) is 0 Å². The minimum atomic E-state index is -0.666. The van der Waals surface area contributed by atoms with Crippen molar-refractivity contribution in [1.29, 1.82) is 0 Å². The van der Waals surface area contributed by atoms with Gasteiger partial charge in [0.1, 0.15) is 12.3 Å². The predicted octanol–water partition coefficient (Wildman–Crippen LogP) is 0.929. The number of rotatable bonds is 4. The van der Waals surface area contributed by atoms with E-state index < -0.39 is 11.9 Å². The molecule has 8 heteroatoms. The Bertz CT molecular complexity index is 724. The van der Waals surface area contributed by atoms with Crippen molar-refractivity contribution in [3.8, 4) is 16.9 Å². The second kappa shape index (κ2) is 6.95. The molecule has 0 radical (unpaired) electrons. The van der Waals surface area contributed by atoms with Crippen LogP contribution >= 0.6 is 11.6 Å². The number of hydrogen-bond acceptors (Lipinski definition) is 5. The fourth-order valence-electron chi connectivity index (χ4n) is 1.76. The average molecular weight is 319 g/mol. The first-order chi connectivity index (χ1) is 10.5. The van der Waals surface area contributed by atoms with Crippen LogP contribution in [0.4, 0.5) is 0 Å². The van der Waals surface area contributed by atoms with E-state index in [0.29, 0.717) is 10.6 Å². The highest BCUT2D eigenvalue weighted by Gasteiger charge is 2.15. The first-order valence-electron chi connectivity index (χ1n) is 6.31. The smallest absolute Gasteiger partial charge is 0.326 e. The lowest BCUT2D eigenvalue weighted by Crippen LogP contribution is -2.30. The van der Waals surface area contributed by atoms with Crippen molar-refractivity contribution >= 4 is 31.5 Å². The van der Waals surface area contributed by atoms with Gasteiger partial charge in [0, 0.05) is 16.8 Å². The van der Waals surface area contributed by atoms with Crippen molar-refractivity contribution in [2.75, 3.05) is 6.54 Å². The Morgan fingerprint density at radius 3 is 2.73 bits per heavy atom. The van der Waals surface area contributed by atoms with Gasteiger partial charge in [-0.1, -0.05) is 23.7 Å². The second-order valence-corrected chi connectivity index (χ2v) is 4.80. The number of hydrogen-bond donors (Lipinski definition) is 2. The van der Waals surface area contributed by atoms with E-state index in [0.717, 1.165) is 5.56 Å². The van der Waals surface area contributed by atoms with Crippen LogP contribution in [0.3, 0.4) is 0 Å². The molecule has 0 bridgehead atoms. The monoisotopic (exact) mass is 318 g/mol. The highest BCUT2D eigenvalue weighted by molar-refractivity contribution is 6.30. The van der Waals surface area contributed by atoms with Crippen LogP contribution < -0.4 is 5.32 Å². The summed E-state index contributed by atoms with van der Waals surface area (Å²) in [6.07, 6.45) is 1.44. The predicted molar refractivity (Wildman–Crippen MR) is 83.3 cm³/mol. The van der Waals surface area contributed by atoms with Gasteiger partial charge >= 0.3 is 14.0 Å². The number of benzene rings is 1. The Labute approximate surface area is 132 Å². The maximum Gasteiger partial charge on any atom is 0.326 e. The number of amides is 1. The molecule has 0 unspecified atom stereocenters. The number of aromatic hydroxyl groups is 1. The molecular weight excluding hydrogens is 306 g/mol. The molecule has 0 aliphatic carbocycles. The second-order valence-electron chi connectivity index (χ2n) is 4.36. The largest absolute Gasteiger partial charge is 0.542 e. The highest BCUT2D eigenvalue weighted by Crippen LogP contribution is 2.26. The fourth-order valence-corrected chi connectivity index (χ4v) is 1.95. The highest BCUT2D eigenvalue weighted by atomic mass is 35.5. The van der Waals surface area contributed by atoms with Gasteiger partial charge in [-0.25, -0.2) is 4.98 Å². The Hall–Kier alpha value is -2.54. The zero-order chi connectivity index (χ0) is 16.1. The van der Waals surface area contributed by atoms with Crippen molar-refractivity contribution in [2.24, 2.45) is 0 Å². The molecular formula is C14H12BClN2O4. The molecule has 1 heterocycles. The Balaban J connectivity index is 2.19. The summed E-state index contributed by atoms with van der Waals surface area (Å²) in [6, 6.07) is 8.43. The average Bonchev–Trinajstić information content (AvgIpc) is 2.52. The van der Waals surface area contributed by atoms with Gasteiger partial charge in [-0.05, 0) is 23.8 Å². The first kappa shape index (κ1) is 15.8. The summed E-state index contributed by atoms with van der Waals surface area (Å²) in [4.78, 5) is 26.7. The molecule has 1 aromatic heterocycles. The summed E-state index contributed by atoms with van der Waals surface area (Å²) in [5, 5.41) is 12.8. The van der Waals surface area contributed by atoms with E-state index in [1.54, 1.807) is 24.3 Å². The quantitative estimate of drug-likeness (QED) is 0.819. The van der Waals surface area contributed by atoms with Crippen molar-refractivity contribution in [3.05, 3.63) is 47.2 Å². The summed E-state index contributed by atoms with van der Waals surface area (Å²) in [5.74, 6) is -1.55. The maximum absolute atomic E-state index is 11.8. The standard InChI is InChI=1S/C14H12BClN2O4/c15-22-12(20)7-18-14(21)13-11(19)5-9(6-17-13)8-2-1-3-10(16)4-8/h1-6,19H,7,15H2,(H,18,21). The Morgan fingerprint density at radius 2 is 2.09 bits per heavy atom. The van der Waals surface area contributed by atoms with Gasteiger partial charge in [0.05, 0.1) is 0 Å². The first-order valence-corrected chi connectivity index (χ1v) is 6.69. The maximum atomic E-state index is 11.8. The number of pyridine rings is 1. The molecule has 112 valence electrons. The number of carbonyl (C=O) groups excluding carboxylic acids is 2. The lowest BCUT2D eigenvalue weighted by atomic mass is 10.1. The summed E-state index contributed by atoms with van der Waals surface area (Å²) in [7, 11) is 1.21. The molecule has 22 heavy (non-hydrogen) atoms. The van der Waals surface area contributed by atoms with Crippen LogP contribution in [0.1, 0.15) is 10.5 Å². The molecule has 0 saturated carbocycles. The van der Waals surface area contributed by atoms with Crippen molar-refractivity contribution in [1.82, 2.24) is 10.3 Å². The van der Waals surface area contributed by atoms with E-state index in [1.165, 1.54) is 20.3 Å². The molecule has 0 aliphatic rings. The number of nitrogens with zero attached hydrogens (tertiary/aromatic N) is 1. The van der Waals surface area contributed by atoms with E-state index in [9.17, 15) is 14.7 Å². The van der Waals surface area contributed by atoms with Gasteiger partial charge in [-0.3, -0.25) is 9.59 Å². The minimum Gasteiger partial charge on any atom is -0.542 e. The van der Waals surface area contributed by atoms with Crippen LogP contribution in [0.2, 0.25) is 5.02 Å². The summed E-state index contributed by atoms with van der Waals surface area (Å²) in [5.41, 5.74) is 1.20. The molecule has 2 N–H and O–H groups in total.